The molecule has 0 aromatic rings. The van der Waals surface area contributed by atoms with Crippen molar-refractivity contribution in [2.45, 2.75) is 58.0 Å². The van der Waals surface area contributed by atoms with E-state index in [0.29, 0.717) is 5.41 Å². The van der Waals surface area contributed by atoms with Gasteiger partial charge in [0.1, 0.15) is 0 Å². The summed E-state index contributed by atoms with van der Waals surface area (Å²) in [5.74, 6) is 0. The van der Waals surface area contributed by atoms with E-state index in [0.717, 1.165) is 30.6 Å². The first-order valence-corrected chi connectivity index (χ1v) is 8.18. The van der Waals surface area contributed by atoms with Crippen molar-refractivity contribution in [2.24, 2.45) is 5.41 Å². The van der Waals surface area contributed by atoms with Crippen LogP contribution in [0.15, 0.2) is 0 Å². The number of piperidine rings is 1. The van der Waals surface area contributed by atoms with Gasteiger partial charge < -0.3 is 4.74 Å². The Labute approximate surface area is 114 Å². The molecule has 2 atom stereocenters. The maximum atomic E-state index is 5.53. The fourth-order valence-electron chi connectivity index (χ4n) is 3.31. The molecule has 2 nitrogen and oxygen atoms in total. The molecule has 0 aromatic heterocycles. The second-order valence-corrected chi connectivity index (χ2v) is 6.61. The first-order chi connectivity index (χ1) is 8.17. The predicted octanol–water partition coefficient (Wildman–Crippen LogP) is 3.44. The molecule has 100 valence electrons. The molecule has 0 bridgehead atoms. The highest BCUT2D eigenvalue weighted by Gasteiger charge is 2.37. The van der Waals surface area contributed by atoms with Gasteiger partial charge in [0, 0.05) is 37.2 Å². The molecule has 2 heterocycles. The summed E-state index contributed by atoms with van der Waals surface area (Å²) >= 11 is 3.75. The summed E-state index contributed by atoms with van der Waals surface area (Å²) < 4.78 is 5.53. The van der Waals surface area contributed by atoms with Crippen LogP contribution in [-0.4, -0.2) is 42.1 Å². The van der Waals surface area contributed by atoms with Gasteiger partial charge in [-0.25, -0.2) is 0 Å². The molecule has 2 unspecified atom stereocenters. The fraction of sp³-hybridized carbons (Fsp3) is 1.00. The molecule has 0 spiro atoms. The largest absolute Gasteiger partial charge is 0.381 e. The van der Waals surface area contributed by atoms with Gasteiger partial charge in [-0.2, -0.15) is 0 Å². The minimum atomic E-state index is 0.456. The van der Waals surface area contributed by atoms with Gasteiger partial charge in [0.25, 0.3) is 0 Å². The monoisotopic (exact) mass is 303 g/mol. The Kier molecular flexibility index (Phi) is 4.90. The van der Waals surface area contributed by atoms with E-state index < -0.39 is 0 Å². The Morgan fingerprint density at radius 1 is 1.18 bits per heavy atom. The normalized spacial score (nSPS) is 34.8. The summed E-state index contributed by atoms with van der Waals surface area (Å²) in [5, 5.41) is 1.12. The van der Waals surface area contributed by atoms with Crippen LogP contribution in [0.25, 0.3) is 0 Å². The summed E-state index contributed by atoms with van der Waals surface area (Å²) in [6.07, 6.45) is 6.59. The third kappa shape index (κ3) is 3.24. The number of hydrogen-bond donors (Lipinski definition) is 0. The molecule has 0 amide bonds. The second-order valence-electron chi connectivity index (χ2n) is 6.05. The Hall–Kier alpha value is 0.400. The molecule has 0 radical (unpaired) electrons. The molecule has 2 aliphatic heterocycles. The van der Waals surface area contributed by atoms with Crippen molar-refractivity contribution in [3.05, 3.63) is 0 Å². The number of rotatable bonds is 3. The van der Waals surface area contributed by atoms with E-state index >= 15 is 0 Å². The molecule has 17 heavy (non-hydrogen) atoms. The van der Waals surface area contributed by atoms with Gasteiger partial charge in [-0.15, -0.1) is 0 Å². The van der Waals surface area contributed by atoms with Crippen LogP contribution in [0, 0.1) is 5.41 Å². The molecule has 0 saturated carbocycles. The zero-order chi connectivity index (χ0) is 12.3. The van der Waals surface area contributed by atoms with E-state index in [2.05, 4.69) is 34.7 Å². The van der Waals surface area contributed by atoms with Gasteiger partial charge in [0.15, 0.2) is 0 Å². The lowest BCUT2D eigenvalue weighted by Gasteiger charge is -2.46. The van der Waals surface area contributed by atoms with Crippen LogP contribution < -0.4 is 0 Å². The van der Waals surface area contributed by atoms with Crippen LogP contribution in [0.1, 0.15) is 46.0 Å². The molecular formula is C14H26BrNO. The highest BCUT2D eigenvalue weighted by atomic mass is 79.9. The summed E-state index contributed by atoms with van der Waals surface area (Å²) in [7, 11) is 0. The average molecular weight is 304 g/mol. The average Bonchev–Trinajstić information content (AvgIpc) is 2.35. The van der Waals surface area contributed by atoms with E-state index in [1.165, 1.54) is 38.6 Å². The van der Waals surface area contributed by atoms with Crippen LogP contribution >= 0.6 is 15.9 Å². The van der Waals surface area contributed by atoms with Crippen molar-refractivity contribution >= 4 is 15.9 Å². The fourth-order valence-corrected chi connectivity index (χ4v) is 4.05. The molecule has 0 N–H and O–H groups in total. The van der Waals surface area contributed by atoms with Gasteiger partial charge in [-0.3, -0.25) is 4.90 Å². The number of hydrogen-bond acceptors (Lipinski definition) is 2. The highest BCUT2D eigenvalue weighted by Crippen LogP contribution is 2.36. The predicted molar refractivity (Wildman–Crippen MR) is 75.8 cm³/mol. The lowest BCUT2D eigenvalue weighted by Crippen LogP contribution is -2.51. The molecule has 0 aromatic carbocycles. The Morgan fingerprint density at radius 2 is 1.76 bits per heavy atom. The van der Waals surface area contributed by atoms with E-state index in [9.17, 15) is 0 Å². The van der Waals surface area contributed by atoms with Crippen molar-refractivity contribution in [3.63, 3.8) is 0 Å². The number of likely N-dealkylation sites (tertiary alicyclic amines) is 1. The quantitative estimate of drug-likeness (QED) is 0.741. The smallest absolute Gasteiger partial charge is 0.0472 e. The van der Waals surface area contributed by atoms with Crippen molar-refractivity contribution < 1.29 is 4.74 Å². The molecule has 2 rings (SSSR count). The van der Waals surface area contributed by atoms with Gasteiger partial charge in [0.2, 0.25) is 0 Å². The Bertz CT molecular complexity index is 230. The third-order valence-corrected chi connectivity index (χ3v) is 5.92. The standard InChI is InChI=1S/C14H26BrNO/c1-12-4-3-5-13(2)16(12)11-14(10-15)6-8-17-9-7-14/h12-13H,3-11H2,1-2H3. The minimum Gasteiger partial charge on any atom is -0.381 e. The molecule has 2 saturated heterocycles. The highest BCUT2D eigenvalue weighted by molar-refractivity contribution is 9.09. The van der Waals surface area contributed by atoms with Crippen LogP contribution in [0.2, 0.25) is 0 Å². The van der Waals surface area contributed by atoms with Crippen LogP contribution in [0.4, 0.5) is 0 Å². The third-order valence-electron chi connectivity index (χ3n) is 4.73. The number of alkyl halides is 1. The van der Waals surface area contributed by atoms with E-state index in [1.54, 1.807) is 0 Å². The molecule has 3 heteroatoms. The van der Waals surface area contributed by atoms with Crippen molar-refractivity contribution in [2.75, 3.05) is 25.1 Å². The zero-order valence-electron chi connectivity index (χ0n) is 11.3. The first-order valence-electron chi connectivity index (χ1n) is 7.06. The van der Waals surface area contributed by atoms with Gasteiger partial charge in [0.05, 0.1) is 0 Å². The number of nitrogens with zero attached hydrogens (tertiary/aromatic N) is 1. The second kappa shape index (κ2) is 6.03. The Morgan fingerprint density at radius 3 is 2.29 bits per heavy atom. The minimum absolute atomic E-state index is 0.456. The SMILES string of the molecule is CC1CCCC(C)N1CC1(CBr)CCOCC1. The van der Waals surface area contributed by atoms with Crippen LogP contribution in [0.3, 0.4) is 0 Å². The van der Waals surface area contributed by atoms with E-state index in [4.69, 9.17) is 4.74 Å². The van der Waals surface area contributed by atoms with Crippen molar-refractivity contribution in [1.82, 2.24) is 4.90 Å². The topological polar surface area (TPSA) is 12.5 Å². The maximum Gasteiger partial charge on any atom is 0.0472 e. The van der Waals surface area contributed by atoms with E-state index in [-0.39, 0.29) is 0 Å². The van der Waals surface area contributed by atoms with Crippen LogP contribution in [0.5, 0.6) is 0 Å². The summed E-state index contributed by atoms with van der Waals surface area (Å²) in [6, 6.07) is 1.52. The van der Waals surface area contributed by atoms with Gasteiger partial charge >= 0.3 is 0 Å². The zero-order valence-corrected chi connectivity index (χ0v) is 12.8. The lowest BCUT2D eigenvalue weighted by atomic mass is 9.80. The number of ether oxygens (including phenoxy) is 1. The molecular weight excluding hydrogens is 278 g/mol. The van der Waals surface area contributed by atoms with Crippen molar-refractivity contribution in [1.29, 1.82) is 0 Å². The van der Waals surface area contributed by atoms with Gasteiger partial charge in [-0.1, -0.05) is 22.4 Å². The lowest BCUT2D eigenvalue weighted by molar-refractivity contribution is -0.0159. The van der Waals surface area contributed by atoms with Gasteiger partial charge in [-0.05, 0) is 44.9 Å². The number of halogens is 1. The summed E-state index contributed by atoms with van der Waals surface area (Å²) in [4.78, 5) is 2.75. The van der Waals surface area contributed by atoms with E-state index in [1.807, 2.05) is 0 Å². The maximum absolute atomic E-state index is 5.53. The first kappa shape index (κ1) is 13.8. The molecule has 2 aliphatic rings. The van der Waals surface area contributed by atoms with Crippen molar-refractivity contribution in [3.8, 4) is 0 Å². The molecule has 2 fully saturated rings. The van der Waals surface area contributed by atoms with Crippen LogP contribution in [-0.2, 0) is 4.74 Å². The molecule has 0 aliphatic carbocycles. The Balaban J connectivity index is 2.00. The summed E-state index contributed by atoms with van der Waals surface area (Å²) in [5.41, 5.74) is 0.456. The summed E-state index contributed by atoms with van der Waals surface area (Å²) in [6.45, 7) is 7.95.